The van der Waals surface area contributed by atoms with Gasteiger partial charge in [-0.3, -0.25) is 4.79 Å². The van der Waals surface area contributed by atoms with Gasteiger partial charge >= 0.3 is 0 Å². The molecule has 0 aliphatic heterocycles. The Kier molecular flexibility index (Phi) is 4.84. The van der Waals surface area contributed by atoms with Crippen LogP contribution in [0.1, 0.15) is 15.9 Å². The van der Waals surface area contributed by atoms with Gasteiger partial charge in [-0.1, -0.05) is 36.4 Å². The summed E-state index contributed by atoms with van der Waals surface area (Å²) >= 11 is 0. The zero-order valence-electron chi connectivity index (χ0n) is 16.9. The first-order valence-corrected chi connectivity index (χ1v) is 9.99. The van der Waals surface area contributed by atoms with E-state index >= 15 is 0 Å². The van der Waals surface area contributed by atoms with Crippen LogP contribution in [0.2, 0.25) is 0 Å². The van der Waals surface area contributed by atoms with Crippen LogP contribution in [0.3, 0.4) is 0 Å². The molecule has 31 heavy (non-hydrogen) atoms. The molecule has 3 aromatic heterocycles. The number of carbonyl (C=O) groups is 1. The predicted molar refractivity (Wildman–Crippen MR) is 117 cm³/mol. The molecule has 0 fully saturated rings. The molecule has 0 saturated heterocycles. The molecule has 3 heterocycles. The second-order valence-corrected chi connectivity index (χ2v) is 7.15. The van der Waals surface area contributed by atoms with Crippen molar-refractivity contribution in [2.24, 2.45) is 0 Å². The van der Waals surface area contributed by atoms with E-state index in [0.717, 1.165) is 22.2 Å². The highest BCUT2D eigenvalue weighted by molar-refractivity contribution is 5.95. The number of hydrogen-bond acceptors (Lipinski definition) is 5. The molecule has 5 aromatic rings. The van der Waals surface area contributed by atoms with E-state index in [1.807, 2.05) is 61.5 Å². The fourth-order valence-electron chi connectivity index (χ4n) is 3.45. The third-order valence-corrected chi connectivity index (χ3v) is 5.04. The van der Waals surface area contributed by atoms with Crippen molar-refractivity contribution in [2.75, 3.05) is 13.2 Å². The summed E-state index contributed by atoms with van der Waals surface area (Å²) in [6, 6.07) is 20.9. The molecule has 154 valence electrons. The summed E-state index contributed by atoms with van der Waals surface area (Å²) in [5.41, 5.74) is 3.84. The second-order valence-electron chi connectivity index (χ2n) is 7.15. The van der Waals surface area contributed by atoms with Gasteiger partial charge in [0.2, 0.25) is 5.88 Å². The Morgan fingerprint density at radius 3 is 2.81 bits per heavy atom. The van der Waals surface area contributed by atoms with Crippen LogP contribution in [0.25, 0.3) is 28.1 Å². The summed E-state index contributed by atoms with van der Waals surface area (Å²) in [5, 5.41) is 8.42. The molecular formula is C24H20N4O3. The highest BCUT2D eigenvalue weighted by Crippen LogP contribution is 2.28. The molecule has 0 aliphatic carbocycles. The highest BCUT2D eigenvalue weighted by Gasteiger charge is 2.13. The van der Waals surface area contributed by atoms with Crippen molar-refractivity contribution in [1.29, 1.82) is 0 Å². The van der Waals surface area contributed by atoms with Gasteiger partial charge in [-0.2, -0.15) is 0 Å². The summed E-state index contributed by atoms with van der Waals surface area (Å²) in [7, 11) is 0. The van der Waals surface area contributed by atoms with Crippen LogP contribution < -0.4 is 10.1 Å². The summed E-state index contributed by atoms with van der Waals surface area (Å²) in [6.45, 7) is 2.58. The largest absolute Gasteiger partial charge is 0.475 e. The van der Waals surface area contributed by atoms with E-state index in [1.165, 1.54) is 0 Å². The van der Waals surface area contributed by atoms with Crippen LogP contribution in [-0.4, -0.2) is 33.7 Å². The van der Waals surface area contributed by atoms with E-state index in [2.05, 4.69) is 15.4 Å². The van der Waals surface area contributed by atoms with Gasteiger partial charge in [0.25, 0.3) is 5.91 Å². The number of benzene rings is 2. The maximum Gasteiger partial charge on any atom is 0.251 e. The number of furan rings is 1. The number of imidazole rings is 1. The molecule has 5 rings (SSSR count). The van der Waals surface area contributed by atoms with Crippen LogP contribution in [0.4, 0.5) is 0 Å². The predicted octanol–water partition coefficient (Wildman–Crippen LogP) is 4.26. The molecule has 0 radical (unpaired) electrons. The average molecular weight is 412 g/mol. The second kappa shape index (κ2) is 7.95. The average Bonchev–Trinajstić information content (AvgIpc) is 3.40. The number of nitrogens with zero attached hydrogens (tertiary/aromatic N) is 3. The third kappa shape index (κ3) is 3.73. The Hall–Kier alpha value is -4.13. The maximum absolute atomic E-state index is 12.3. The number of para-hydroxylation sites is 1. The Morgan fingerprint density at radius 1 is 1.10 bits per heavy atom. The maximum atomic E-state index is 12.3. The number of rotatable bonds is 6. The van der Waals surface area contributed by atoms with Gasteiger partial charge < -0.3 is 14.5 Å². The number of ether oxygens (including phenoxy) is 1. The smallest absolute Gasteiger partial charge is 0.251 e. The monoisotopic (exact) mass is 412 g/mol. The first-order valence-electron chi connectivity index (χ1n) is 9.99. The van der Waals surface area contributed by atoms with E-state index in [-0.39, 0.29) is 5.91 Å². The molecule has 0 aliphatic rings. The molecule has 0 spiro atoms. The molecular weight excluding hydrogens is 392 g/mol. The van der Waals surface area contributed by atoms with Crippen LogP contribution in [-0.2, 0) is 0 Å². The van der Waals surface area contributed by atoms with Crippen molar-refractivity contribution in [3.05, 3.63) is 84.1 Å². The molecule has 7 heteroatoms. The van der Waals surface area contributed by atoms with Crippen LogP contribution in [0.5, 0.6) is 5.88 Å². The number of aromatic nitrogens is 3. The van der Waals surface area contributed by atoms with E-state index < -0.39 is 0 Å². The summed E-state index contributed by atoms with van der Waals surface area (Å²) < 4.78 is 13.4. The Labute approximate surface area is 178 Å². The van der Waals surface area contributed by atoms with E-state index in [4.69, 9.17) is 9.15 Å². The van der Waals surface area contributed by atoms with Gasteiger partial charge in [-0.05, 0) is 36.8 Å². The lowest BCUT2D eigenvalue weighted by molar-refractivity contribution is 0.0946. The molecule has 2 aromatic carbocycles. The first kappa shape index (κ1) is 18.9. The minimum absolute atomic E-state index is 0.119. The molecule has 0 atom stereocenters. The summed E-state index contributed by atoms with van der Waals surface area (Å²) in [6.07, 6.45) is 1.73. The molecule has 0 unspecified atom stereocenters. The van der Waals surface area contributed by atoms with Crippen molar-refractivity contribution in [3.8, 4) is 17.3 Å². The topological polar surface area (TPSA) is 81.7 Å². The van der Waals surface area contributed by atoms with Crippen molar-refractivity contribution >= 4 is 22.5 Å². The Bertz CT molecular complexity index is 1350. The molecule has 0 saturated carbocycles. The lowest BCUT2D eigenvalue weighted by Gasteiger charge is -2.09. The fraction of sp³-hybridized carbons (Fsp3) is 0.125. The van der Waals surface area contributed by atoms with Gasteiger partial charge in [0.15, 0.2) is 11.4 Å². The zero-order chi connectivity index (χ0) is 21.2. The summed E-state index contributed by atoms with van der Waals surface area (Å²) in [4.78, 5) is 16.7. The minimum Gasteiger partial charge on any atom is -0.475 e. The van der Waals surface area contributed by atoms with Crippen LogP contribution in [0, 0.1) is 6.92 Å². The quantitative estimate of drug-likeness (QED) is 0.422. The number of aryl methyl sites for hydroxylation is 1. The van der Waals surface area contributed by atoms with Gasteiger partial charge in [0.05, 0.1) is 12.7 Å². The molecule has 0 bridgehead atoms. The number of amides is 1. The van der Waals surface area contributed by atoms with Gasteiger partial charge in [-0.25, -0.2) is 9.50 Å². The van der Waals surface area contributed by atoms with Gasteiger partial charge in [-0.15, -0.1) is 5.10 Å². The SMILES string of the molecule is Cc1ccccc1C(=O)NCCOc1ccc2ncc(-c3cc4ccccc4o3)n2n1. The minimum atomic E-state index is -0.119. The van der Waals surface area contributed by atoms with E-state index in [0.29, 0.717) is 36.0 Å². The standard InChI is InChI=1S/C24H20N4O3/c1-16-6-2-4-8-18(16)24(29)25-12-13-30-23-11-10-22-26-15-19(28(22)27-23)21-14-17-7-3-5-9-20(17)31-21/h2-11,14-15H,12-13H2,1H3,(H,25,29). The van der Waals surface area contributed by atoms with Crippen molar-refractivity contribution in [2.45, 2.75) is 6.92 Å². The van der Waals surface area contributed by atoms with E-state index in [9.17, 15) is 4.79 Å². The summed E-state index contributed by atoms with van der Waals surface area (Å²) in [5.74, 6) is 1.00. The third-order valence-electron chi connectivity index (χ3n) is 5.04. The number of hydrogen-bond donors (Lipinski definition) is 1. The fourth-order valence-corrected chi connectivity index (χ4v) is 3.45. The Balaban J connectivity index is 1.28. The molecule has 7 nitrogen and oxygen atoms in total. The number of fused-ring (bicyclic) bond motifs is 2. The van der Waals surface area contributed by atoms with Crippen LogP contribution in [0.15, 0.2) is 77.3 Å². The number of carbonyl (C=O) groups excluding carboxylic acids is 1. The molecule has 1 N–H and O–H groups in total. The normalized spacial score (nSPS) is 11.1. The van der Waals surface area contributed by atoms with E-state index in [1.54, 1.807) is 22.8 Å². The number of nitrogens with one attached hydrogen (secondary N) is 1. The first-order chi connectivity index (χ1) is 15.2. The van der Waals surface area contributed by atoms with Crippen molar-refractivity contribution in [3.63, 3.8) is 0 Å². The van der Waals surface area contributed by atoms with Gasteiger partial charge in [0.1, 0.15) is 17.9 Å². The lowest BCUT2D eigenvalue weighted by Crippen LogP contribution is -2.28. The molecule has 1 amide bonds. The zero-order valence-corrected chi connectivity index (χ0v) is 16.9. The van der Waals surface area contributed by atoms with Crippen molar-refractivity contribution < 1.29 is 13.9 Å². The highest BCUT2D eigenvalue weighted by atomic mass is 16.5. The van der Waals surface area contributed by atoms with Crippen molar-refractivity contribution in [1.82, 2.24) is 19.9 Å². The van der Waals surface area contributed by atoms with Crippen LogP contribution >= 0.6 is 0 Å². The Morgan fingerprint density at radius 2 is 1.94 bits per heavy atom. The lowest BCUT2D eigenvalue weighted by atomic mass is 10.1. The van der Waals surface area contributed by atoms with Gasteiger partial charge in [0, 0.05) is 17.0 Å².